The molecule has 0 atom stereocenters. The SMILES string of the molecule is C1CO1.[C]F. The molecule has 1 fully saturated rings. The van der Waals surface area contributed by atoms with Crippen molar-refractivity contribution in [2.45, 2.75) is 0 Å². The topological polar surface area (TPSA) is 12.5 Å². The van der Waals surface area contributed by atoms with Crippen LogP contribution in [0.3, 0.4) is 0 Å². The van der Waals surface area contributed by atoms with Crippen LogP contribution in [0.1, 0.15) is 0 Å². The van der Waals surface area contributed by atoms with Gasteiger partial charge in [0.2, 0.25) is 7.18 Å². The van der Waals surface area contributed by atoms with Gasteiger partial charge in [-0.05, 0) is 0 Å². The summed E-state index contributed by atoms with van der Waals surface area (Å²) in [5.41, 5.74) is 0. The van der Waals surface area contributed by atoms with Crippen molar-refractivity contribution in [3.05, 3.63) is 7.18 Å². The molecule has 2 heteroatoms. The monoisotopic (exact) mass is 75.0 g/mol. The van der Waals surface area contributed by atoms with Crippen LogP contribution in [0.5, 0.6) is 0 Å². The number of rotatable bonds is 0. The molecule has 0 aromatic heterocycles. The number of epoxide rings is 1. The highest BCUT2D eigenvalue weighted by molar-refractivity contribution is 4.36. The van der Waals surface area contributed by atoms with Crippen LogP contribution in [0, 0.1) is 7.18 Å². The van der Waals surface area contributed by atoms with Gasteiger partial charge in [-0.3, -0.25) is 0 Å². The average molecular weight is 75.1 g/mol. The van der Waals surface area contributed by atoms with Crippen LogP contribution in [0.25, 0.3) is 0 Å². The van der Waals surface area contributed by atoms with Gasteiger partial charge in [0.05, 0.1) is 13.2 Å². The van der Waals surface area contributed by atoms with E-state index in [0.29, 0.717) is 0 Å². The van der Waals surface area contributed by atoms with Crippen molar-refractivity contribution in [1.29, 1.82) is 0 Å². The molecule has 1 nitrogen and oxygen atoms in total. The standard InChI is InChI=1S/C2H4O.CF/c1-2-3-1;1-2/h1-2H2;. The highest BCUT2D eigenvalue weighted by Gasteiger charge is 1.94. The zero-order valence-electron chi connectivity index (χ0n) is 2.70. The summed E-state index contributed by atoms with van der Waals surface area (Å²) in [4.78, 5) is 0. The van der Waals surface area contributed by atoms with Crippen molar-refractivity contribution in [3.63, 3.8) is 0 Å². The summed E-state index contributed by atoms with van der Waals surface area (Å²) in [7, 11) is 4.25. The molecule has 0 aromatic carbocycles. The third kappa shape index (κ3) is 17.5. The number of hydrogen-bond donors (Lipinski definition) is 0. The lowest BCUT2D eigenvalue weighted by atomic mass is 11.0. The van der Waals surface area contributed by atoms with Gasteiger partial charge in [-0.25, -0.2) is 4.39 Å². The normalized spacial score (nSPS) is 15.6. The van der Waals surface area contributed by atoms with E-state index in [4.69, 9.17) is 4.39 Å². The maximum absolute atomic E-state index is 8.75. The molecule has 0 aliphatic carbocycles. The Morgan fingerprint density at radius 2 is 1.60 bits per heavy atom. The third-order valence-corrected chi connectivity index (χ3v) is 0.204. The van der Waals surface area contributed by atoms with Crippen LogP contribution in [0.15, 0.2) is 0 Å². The van der Waals surface area contributed by atoms with Crippen LogP contribution in [-0.4, -0.2) is 13.2 Å². The van der Waals surface area contributed by atoms with Crippen LogP contribution in [-0.2, 0) is 4.74 Å². The average Bonchev–Trinajstić information content (AvgIpc) is 2.19. The lowest BCUT2D eigenvalue weighted by molar-refractivity contribution is 0.475. The van der Waals surface area contributed by atoms with Crippen LogP contribution in [0.4, 0.5) is 4.39 Å². The predicted octanol–water partition coefficient (Wildman–Crippen LogP) is 0.518. The lowest BCUT2D eigenvalue weighted by Gasteiger charge is -1.24. The summed E-state index contributed by atoms with van der Waals surface area (Å²) in [5, 5.41) is 0. The van der Waals surface area contributed by atoms with E-state index >= 15 is 0 Å². The Hall–Kier alpha value is -0.110. The minimum Gasteiger partial charge on any atom is -0.377 e. The molecular weight excluding hydrogens is 71.0 g/mol. The van der Waals surface area contributed by atoms with Crippen molar-refractivity contribution in [2.24, 2.45) is 0 Å². The Bertz CT molecular complexity index is 11.6. The van der Waals surface area contributed by atoms with E-state index in [-0.39, 0.29) is 0 Å². The molecular formula is C3H4FO. The van der Waals surface area contributed by atoms with Crippen molar-refractivity contribution >= 4 is 0 Å². The largest absolute Gasteiger partial charge is 0.377 e. The highest BCUT2D eigenvalue weighted by Crippen LogP contribution is 1.84. The third-order valence-electron chi connectivity index (χ3n) is 0.204. The fourth-order valence-electron chi connectivity index (χ4n) is 0. The van der Waals surface area contributed by atoms with Gasteiger partial charge in [-0.15, -0.1) is 0 Å². The summed E-state index contributed by atoms with van der Waals surface area (Å²) < 4.78 is 13.2. The predicted molar refractivity (Wildman–Crippen MR) is 15.2 cm³/mol. The summed E-state index contributed by atoms with van der Waals surface area (Å²) in [6.45, 7) is 2.00. The van der Waals surface area contributed by atoms with Crippen LogP contribution < -0.4 is 0 Å². The maximum atomic E-state index is 8.75. The summed E-state index contributed by atoms with van der Waals surface area (Å²) in [6, 6.07) is 0. The summed E-state index contributed by atoms with van der Waals surface area (Å²) in [6.07, 6.45) is 0. The van der Waals surface area contributed by atoms with Crippen molar-refractivity contribution in [3.8, 4) is 0 Å². The molecule has 1 aliphatic rings. The number of halogens is 1. The Morgan fingerprint density at radius 3 is 1.60 bits per heavy atom. The smallest absolute Gasteiger partial charge is 0.232 e. The Kier molecular flexibility index (Phi) is 3.80. The first-order valence-corrected chi connectivity index (χ1v) is 1.27. The molecule has 0 saturated carbocycles. The summed E-state index contributed by atoms with van der Waals surface area (Å²) >= 11 is 0. The van der Waals surface area contributed by atoms with Gasteiger partial charge in [0.25, 0.3) is 0 Å². The second kappa shape index (κ2) is 3.89. The van der Waals surface area contributed by atoms with Gasteiger partial charge in [-0.2, -0.15) is 0 Å². The molecule has 0 bridgehead atoms. The van der Waals surface area contributed by atoms with E-state index in [2.05, 4.69) is 11.9 Å². The minimum atomic E-state index is 1.00. The van der Waals surface area contributed by atoms with Gasteiger partial charge < -0.3 is 4.74 Å². The van der Waals surface area contributed by atoms with Gasteiger partial charge in [0, 0.05) is 0 Å². The molecule has 1 saturated heterocycles. The Balaban J connectivity index is 0.0000000733. The van der Waals surface area contributed by atoms with Gasteiger partial charge >= 0.3 is 0 Å². The zero-order valence-corrected chi connectivity index (χ0v) is 2.70. The number of ether oxygens (including phenoxy) is 1. The highest BCUT2D eigenvalue weighted by atomic mass is 19.1. The lowest BCUT2D eigenvalue weighted by Crippen LogP contribution is -1.20. The quantitative estimate of drug-likeness (QED) is 0.382. The van der Waals surface area contributed by atoms with E-state index in [9.17, 15) is 0 Å². The second-order valence-corrected chi connectivity index (χ2v) is 0.612. The van der Waals surface area contributed by atoms with E-state index in [1.807, 2.05) is 0 Å². The number of hydrogen-bond acceptors (Lipinski definition) is 1. The van der Waals surface area contributed by atoms with Crippen molar-refractivity contribution in [1.82, 2.24) is 0 Å². The Labute approximate surface area is 30.7 Å². The molecule has 0 unspecified atom stereocenters. The summed E-state index contributed by atoms with van der Waals surface area (Å²) in [5.74, 6) is 0. The first-order valence-electron chi connectivity index (χ1n) is 1.27. The fraction of sp³-hybridized carbons (Fsp3) is 0.667. The second-order valence-electron chi connectivity index (χ2n) is 0.612. The molecule has 0 spiro atoms. The van der Waals surface area contributed by atoms with Gasteiger partial charge in [0.1, 0.15) is 0 Å². The van der Waals surface area contributed by atoms with Crippen LogP contribution >= 0.6 is 0 Å². The van der Waals surface area contributed by atoms with E-state index in [1.54, 1.807) is 0 Å². The first-order chi connectivity index (χ1) is 2.50. The maximum Gasteiger partial charge on any atom is 0.232 e. The van der Waals surface area contributed by atoms with Crippen molar-refractivity contribution < 1.29 is 9.13 Å². The molecule has 1 heterocycles. The van der Waals surface area contributed by atoms with E-state index < -0.39 is 0 Å². The molecule has 29 valence electrons. The fourth-order valence-corrected chi connectivity index (χ4v) is 0. The zero-order chi connectivity index (χ0) is 4.12. The van der Waals surface area contributed by atoms with Crippen LogP contribution in [0.2, 0.25) is 0 Å². The first kappa shape index (κ1) is 4.89. The minimum absolute atomic E-state index is 1.00. The van der Waals surface area contributed by atoms with E-state index in [0.717, 1.165) is 13.2 Å². The van der Waals surface area contributed by atoms with Crippen molar-refractivity contribution in [2.75, 3.05) is 13.2 Å². The molecule has 0 aromatic rings. The molecule has 5 heavy (non-hydrogen) atoms. The van der Waals surface area contributed by atoms with E-state index in [1.165, 1.54) is 0 Å². The van der Waals surface area contributed by atoms with Gasteiger partial charge in [0.15, 0.2) is 0 Å². The molecule has 0 N–H and O–H groups in total. The molecule has 0 amide bonds. The Morgan fingerprint density at radius 1 is 1.40 bits per heavy atom. The van der Waals surface area contributed by atoms with Gasteiger partial charge in [-0.1, -0.05) is 0 Å². The molecule has 1 rings (SSSR count). The molecule has 1 aliphatic heterocycles. The molecule has 3 radical (unpaired) electrons.